The lowest BCUT2D eigenvalue weighted by atomic mass is 9.92. The second-order valence-electron chi connectivity index (χ2n) is 4.64. The van der Waals surface area contributed by atoms with Gasteiger partial charge in [0.1, 0.15) is 0 Å². The van der Waals surface area contributed by atoms with E-state index in [4.69, 9.17) is 5.11 Å². The fourth-order valence-corrected chi connectivity index (χ4v) is 2.03. The van der Waals surface area contributed by atoms with Crippen molar-refractivity contribution in [3.63, 3.8) is 0 Å². The molecule has 0 radical (unpaired) electrons. The highest BCUT2D eigenvalue weighted by molar-refractivity contribution is 5.63. The summed E-state index contributed by atoms with van der Waals surface area (Å²) in [6.45, 7) is 0. The molecule has 0 bridgehead atoms. The topological polar surface area (TPSA) is 20.2 Å². The van der Waals surface area contributed by atoms with Gasteiger partial charge in [-0.1, -0.05) is 54.6 Å². The van der Waals surface area contributed by atoms with Crippen LogP contribution in [-0.4, -0.2) is 17.4 Å². The van der Waals surface area contributed by atoms with Crippen molar-refractivity contribution in [1.29, 1.82) is 0 Å². The highest BCUT2D eigenvalue weighted by Gasteiger charge is 2.72. The lowest BCUT2D eigenvalue weighted by Gasteiger charge is -2.31. The highest BCUT2D eigenvalue weighted by Crippen LogP contribution is 2.51. The van der Waals surface area contributed by atoms with E-state index in [2.05, 4.69) is 0 Å². The normalized spacial score (nSPS) is 15.4. The van der Waals surface area contributed by atoms with Crippen LogP contribution in [0.1, 0.15) is 5.56 Å². The molecule has 0 amide bonds. The van der Waals surface area contributed by atoms with Crippen molar-refractivity contribution in [2.24, 2.45) is 0 Å². The molecule has 118 valence electrons. The van der Waals surface area contributed by atoms with E-state index in [1.807, 2.05) is 0 Å². The summed E-state index contributed by atoms with van der Waals surface area (Å²) in [5, 5.41) is 8.38. The van der Waals surface area contributed by atoms with Gasteiger partial charge in [0, 0.05) is 5.56 Å². The number of benzene rings is 2. The average Bonchev–Trinajstić information content (AvgIpc) is 2.45. The van der Waals surface area contributed by atoms with E-state index in [1.54, 1.807) is 30.3 Å². The summed E-state index contributed by atoms with van der Waals surface area (Å²) >= 11 is 0. The minimum Gasteiger partial charge on any atom is -0.333 e. The van der Waals surface area contributed by atoms with Gasteiger partial charge in [0.15, 0.2) is 0 Å². The predicted molar refractivity (Wildman–Crippen MR) is 67.9 cm³/mol. The first-order valence-electron chi connectivity index (χ1n) is 6.09. The molecule has 1 nitrogen and oxygen atoms in total. The van der Waals surface area contributed by atoms with Crippen LogP contribution in [0, 0.1) is 0 Å². The van der Waals surface area contributed by atoms with E-state index in [0.29, 0.717) is 23.3 Å². The number of hydrogen-bond acceptors (Lipinski definition) is 1. The van der Waals surface area contributed by atoms with Gasteiger partial charge in [0.05, 0.1) is 0 Å². The van der Waals surface area contributed by atoms with E-state index in [9.17, 15) is 26.3 Å². The van der Waals surface area contributed by atoms with Crippen LogP contribution in [0.5, 0.6) is 0 Å². The molecule has 7 heteroatoms. The lowest BCUT2D eigenvalue weighted by molar-refractivity contribution is -0.375. The van der Waals surface area contributed by atoms with Crippen molar-refractivity contribution in [3.05, 3.63) is 60.2 Å². The van der Waals surface area contributed by atoms with Gasteiger partial charge in [-0.05, 0) is 11.1 Å². The molecule has 22 heavy (non-hydrogen) atoms. The van der Waals surface area contributed by atoms with E-state index in [-0.39, 0.29) is 0 Å². The van der Waals surface area contributed by atoms with Crippen LogP contribution < -0.4 is 0 Å². The maximum atomic E-state index is 13.9. The first kappa shape index (κ1) is 16.4. The Labute approximate surface area is 121 Å². The van der Waals surface area contributed by atoms with Gasteiger partial charge < -0.3 is 5.11 Å². The number of alkyl halides is 6. The Morgan fingerprint density at radius 1 is 0.636 bits per heavy atom. The summed E-state index contributed by atoms with van der Waals surface area (Å²) in [6.07, 6.45) is -11.6. The van der Waals surface area contributed by atoms with Crippen LogP contribution in [0.15, 0.2) is 54.6 Å². The Bertz CT molecular complexity index is 614. The van der Waals surface area contributed by atoms with E-state index < -0.39 is 23.5 Å². The van der Waals surface area contributed by atoms with Crippen LogP contribution in [0.25, 0.3) is 11.1 Å². The Hall–Kier alpha value is -2.02. The molecule has 0 heterocycles. The van der Waals surface area contributed by atoms with Gasteiger partial charge in [-0.25, -0.2) is 4.39 Å². The maximum Gasteiger partial charge on any atom is 0.435 e. The van der Waals surface area contributed by atoms with Crippen molar-refractivity contribution in [2.75, 3.05) is 0 Å². The minimum atomic E-state index is -5.97. The van der Waals surface area contributed by atoms with Crippen LogP contribution >= 0.6 is 0 Å². The molecule has 2 aromatic rings. The molecule has 0 aliphatic heterocycles. The number of halogens is 6. The monoisotopic (exact) mass is 320 g/mol. The zero-order valence-corrected chi connectivity index (χ0v) is 10.9. The lowest BCUT2D eigenvalue weighted by Crippen LogP contribution is -2.52. The number of rotatable bonds is 3. The average molecular weight is 320 g/mol. The fourth-order valence-electron chi connectivity index (χ4n) is 2.03. The van der Waals surface area contributed by atoms with Gasteiger partial charge in [0.2, 0.25) is 0 Å². The Kier molecular flexibility index (Phi) is 3.95. The second kappa shape index (κ2) is 5.31. The molecule has 0 saturated heterocycles. The van der Waals surface area contributed by atoms with E-state index in [1.165, 1.54) is 0 Å². The molecule has 0 fully saturated rings. The zero-order valence-electron chi connectivity index (χ0n) is 10.9. The molecular formula is C15H10F6O. The quantitative estimate of drug-likeness (QED) is 0.815. The van der Waals surface area contributed by atoms with E-state index in [0.717, 1.165) is 12.1 Å². The van der Waals surface area contributed by atoms with Crippen LogP contribution in [0.3, 0.4) is 0 Å². The summed E-state index contributed by atoms with van der Waals surface area (Å²) in [5.74, 6) is 0. The Balaban J connectivity index is 2.48. The van der Waals surface area contributed by atoms with Crippen molar-refractivity contribution >= 4 is 0 Å². The van der Waals surface area contributed by atoms with Gasteiger partial charge in [-0.15, -0.1) is 0 Å². The zero-order chi connectivity index (χ0) is 16.6. The van der Waals surface area contributed by atoms with Gasteiger partial charge in [0.25, 0.3) is 0 Å². The highest BCUT2D eigenvalue weighted by atomic mass is 19.4. The minimum absolute atomic E-state index is 0.426. The van der Waals surface area contributed by atoms with Crippen LogP contribution in [0.4, 0.5) is 26.3 Å². The standard InChI is InChI=1S/C15H10F6O/c16-13(14(17,18)19,15(20,21)22)12-8-6-11(7-9-12)10-4-2-1-3-5-10/h1-9,22H. The van der Waals surface area contributed by atoms with Crippen LogP contribution in [0.2, 0.25) is 0 Å². The molecule has 0 aliphatic carbocycles. The molecule has 0 spiro atoms. The van der Waals surface area contributed by atoms with Gasteiger partial charge in [-0.2, -0.15) is 22.0 Å². The van der Waals surface area contributed by atoms with Crippen molar-refractivity contribution in [3.8, 4) is 11.1 Å². The first-order chi connectivity index (χ1) is 10.1. The molecule has 0 saturated carbocycles. The number of aliphatic hydroxyl groups is 1. The molecule has 1 N–H and O–H groups in total. The summed E-state index contributed by atoms with van der Waals surface area (Å²) in [4.78, 5) is 0. The largest absolute Gasteiger partial charge is 0.435 e. The third-order valence-electron chi connectivity index (χ3n) is 3.19. The van der Waals surface area contributed by atoms with Gasteiger partial charge >= 0.3 is 18.0 Å². The molecule has 0 aromatic heterocycles. The molecule has 1 atom stereocenters. The Morgan fingerprint density at radius 3 is 1.50 bits per heavy atom. The predicted octanol–water partition coefficient (Wildman–Crippen LogP) is 4.67. The molecule has 0 aliphatic rings. The van der Waals surface area contributed by atoms with Crippen molar-refractivity contribution < 1.29 is 31.4 Å². The van der Waals surface area contributed by atoms with Crippen LogP contribution in [-0.2, 0) is 5.67 Å². The first-order valence-corrected chi connectivity index (χ1v) is 6.09. The molecular weight excluding hydrogens is 310 g/mol. The summed E-state index contributed by atoms with van der Waals surface area (Å²) in [5.41, 5.74) is -5.49. The third-order valence-corrected chi connectivity index (χ3v) is 3.19. The Morgan fingerprint density at radius 2 is 1.09 bits per heavy atom. The summed E-state index contributed by atoms with van der Waals surface area (Å²) in [6, 6.07) is 11.7. The summed E-state index contributed by atoms with van der Waals surface area (Å²) < 4.78 is 77.7. The van der Waals surface area contributed by atoms with E-state index >= 15 is 0 Å². The SMILES string of the molecule is OC(F)(F)C(F)(c1ccc(-c2ccccc2)cc1)C(F)(F)F. The van der Waals surface area contributed by atoms with Crippen molar-refractivity contribution in [1.82, 2.24) is 0 Å². The second-order valence-corrected chi connectivity index (χ2v) is 4.64. The fraction of sp³-hybridized carbons (Fsp3) is 0.200. The van der Waals surface area contributed by atoms with Gasteiger partial charge in [-0.3, -0.25) is 0 Å². The maximum absolute atomic E-state index is 13.9. The third kappa shape index (κ3) is 2.68. The summed E-state index contributed by atoms with van der Waals surface area (Å²) in [7, 11) is 0. The smallest absolute Gasteiger partial charge is 0.333 e. The molecule has 1 unspecified atom stereocenters. The van der Waals surface area contributed by atoms with Crippen molar-refractivity contribution in [2.45, 2.75) is 18.0 Å². The number of hydrogen-bond donors (Lipinski definition) is 1. The molecule has 2 aromatic carbocycles. The molecule has 2 rings (SSSR count).